The van der Waals surface area contributed by atoms with E-state index in [9.17, 15) is 8.42 Å². The number of nitrogens with one attached hydrogen (secondary N) is 1. The van der Waals surface area contributed by atoms with Crippen LogP contribution in [0.4, 0.5) is 0 Å². The van der Waals surface area contributed by atoms with E-state index in [2.05, 4.69) is 10.2 Å². The highest BCUT2D eigenvalue weighted by Crippen LogP contribution is 2.17. The second kappa shape index (κ2) is 5.47. The Kier molecular flexibility index (Phi) is 4.76. The first-order valence-corrected chi connectivity index (χ1v) is 7.85. The summed E-state index contributed by atoms with van der Waals surface area (Å²) in [6, 6.07) is 0. The van der Waals surface area contributed by atoms with E-state index in [1.807, 2.05) is 13.8 Å². The van der Waals surface area contributed by atoms with Crippen LogP contribution in [-0.4, -0.2) is 57.0 Å². The third-order valence-corrected chi connectivity index (χ3v) is 5.40. The van der Waals surface area contributed by atoms with Gasteiger partial charge in [0, 0.05) is 12.8 Å². The lowest BCUT2D eigenvalue weighted by Gasteiger charge is -2.32. The van der Waals surface area contributed by atoms with Crippen molar-refractivity contribution in [1.82, 2.24) is 10.2 Å². The van der Waals surface area contributed by atoms with Gasteiger partial charge in [-0.05, 0) is 52.9 Å². The maximum Gasteiger partial charge on any atom is 0.153 e. The number of hydrogen-bond acceptors (Lipinski definition) is 4. The minimum Gasteiger partial charge on any atom is -0.317 e. The maximum absolute atomic E-state index is 11.6. The largest absolute Gasteiger partial charge is 0.317 e. The molecular formula is C11H24N2O2S. The van der Waals surface area contributed by atoms with Gasteiger partial charge in [0.15, 0.2) is 9.84 Å². The van der Waals surface area contributed by atoms with Gasteiger partial charge < -0.3 is 10.2 Å². The zero-order valence-corrected chi connectivity index (χ0v) is 11.4. The van der Waals surface area contributed by atoms with Crippen LogP contribution in [0.1, 0.15) is 26.7 Å². The van der Waals surface area contributed by atoms with Crippen LogP contribution in [0.2, 0.25) is 0 Å². The average molecular weight is 248 g/mol. The van der Waals surface area contributed by atoms with Crippen molar-refractivity contribution in [2.45, 2.75) is 31.4 Å². The molecule has 96 valence electrons. The summed E-state index contributed by atoms with van der Waals surface area (Å²) in [6.07, 6.45) is 3.53. The van der Waals surface area contributed by atoms with E-state index in [0.29, 0.717) is 6.54 Å². The van der Waals surface area contributed by atoms with E-state index in [4.69, 9.17) is 0 Å². The van der Waals surface area contributed by atoms with Gasteiger partial charge in [-0.25, -0.2) is 8.42 Å². The molecule has 0 aromatic heterocycles. The standard InChI is InChI=1S/C11H24N2O2S/c1-11(2,16(3,14)15)10-13-8-4-6-12-7-5-9-13/h12H,4-10H2,1-3H3. The van der Waals surface area contributed by atoms with Gasteiger partial charge >= 0.3 is 0 Å². The number of rotatable bonds is 3. The molecule has 1 heterocycles. The first kappa shape index (κ1) is 13.9. The fraction of sp³-hybridized carbons (Fsp3) is 1.00. The van der Waals surface area contributed by atoms with Gasteiger partial charge in [0.25, 0.3) is 0 Å². The third kappa shape index (κ3) is 4.03. The number of sulfone groups is 1. The molecule has 16 heavy (non-hydrogen) atoms. The maximum atomic E-state index is 11.6. The Morgan fingerprint density at radius 3 is 2.12 bits per heavy atom. The smallest absolute Gasteiger partial charge is 0.153 e. The highest BCUT2D eigenvalue weighted by molar-refractivity contribution is 7.92. The molecule has 0 aromatic rings. The van der Waals surface area contributed by atoms with E-state index >= 15 is 0 Å². The van der Waals surface area contributed by atoms with E-state index in [1.165, 1.54) is 6.26 Å². The normalized spacial score (nSPS) is 21.4. The lowest BCUT2D eigenvalue weighted by Crippen LogP contribution is -2.46. The molecule has 0 unspecified atom stereocenters. The van der Waals surface area contributed by atoms with Gasteiger partial charge in [0.05, 0.1) is 4.75 Å². The van der Waals surface area contributed by atoms with Crippen LogP contribution in [0.3, 0.4) is 0 Å². The van der Waals surface area contributed by atoms with Gasteiger partial charge in [-0.1, -0.05) is 0 Å². The van der Waals surface area contributed by atoms with Crippen LogP contribution in [-0.2, 0) is 9.84 Å². The summed E-state index contributed by atoms with van der Waals surface area (Å²) < 4.78 is 22.6. The van der Waals surface area contributed by atoms with E-state index in [1.54, 1.807) is 0 Å². The molecule has 4 nitrogen and oxygen atoms in total. The molecule has 0 bridgehead atoms. The molecule has 0 atom stereocenters. The SMILES string of the molecule is CC(C)(CN1CCCNCCC1)S(C)(=O)=O. The molecule has 0 radical (unpaired) electrons. The molecule has 0 spiro atoms. The van der Waals surface area contributed by atoms with Crippen molar-refractivity contribution >= 4 is 9.84 Å². The minimum absolute atomic E-state index is 0.639. The van der Waals surface area contributed by atoms with Crippen molar-refractivity contribution in [3.63, 3.8) is 0 Å². The van der Waals surface area contributed by atoms with Crippen molar-refractivity contribution in [3.05, 3.63) is 0 Å². The van der Waals surface area contributed by atoms with Crippen molar-refractivity contribution in [3.8, 4) is 0 Å². The van der Waals surface area contributed by atoms with E-state index in [-0.39, 0.29) is 0 Å². The summed E-state index contributed by atoms with van der Waals surface area (Å²) in [5.41, 5.74) is 0. The molecule has 1 aliphatic rings. The van der Waals surface area contributed by atoms with Gasteiger partial charge in [0.1, 0.15) is 0 Å². The van der Waals surface area contributed by atoms with E-state index in [0.717, 1.165) is 39.0 Å². The molecule has 1 rings (SSSR count). The molecule has 0 aromatic carbocycles. The highest BCUT2D eigenvalue weighted by atomic mass is 32.2. The molecule has 1 aliphatic heterocycles. The summed E-state index contributed by atoms with van der Waals surface area (Å²) in [5.74, 6) is 0. The number of nitrogens with zero attached hydrogens (tertiary/aromatic N) is 1. The second-order valence-electron chi connectivity index (χ2n) is 5.27. The van der Waals surface area contributed by atoms with Crippen molar-refractivity contribution in [2.24, 2.45) is 0 Å². The quantitative estimate of drug-likeness (QED) is 0.790. The molecule has 0 aliphatic carbocycles. The Morgan fingerprint density at radius 2 is 1.69 bits per heavy atom. The van der Waals surface area contributed by atoms with Gasteiger partial charge in [-0.15, -0.1) is 0 Å². The summed E-state index contributed by atoms with van der Waals surface area (Å²) in [5, 5.41) is 3.36. The Bertz CT molecular complexity index is 304. The predicted molar refractivity (Wildman–Crippen MR) is 67.5 cm³/mol. The Hall–Kier alpha value is -0.130. The van der Waals surface area contributed by atoms with Crippen LogP contribution in [0, 0.1) is 0 Å². The molecule has 1 N–H and O–H groups in total. The van der Waals surface area contributed by atoms with Crippen LogP contribution < -0.4 is 5.32 Å². The zero-order chi connectivity index (χ0) is 12.2. The average Bonchev–Trinajstić information content (AvgIpc) is 2.07. The lowest BCUT2D eigenvalue weighted by atomic mass is 10.1. The summed E-state index contributed by atoms with van der Waals surface area (Å²) >= 11 is 0. The fourth-order valence-corrected chi connectivity index (χ4v) is 2.32. The topological polar surface area (TPSA) is 49.4 Å². The Morgan fingerprint density at radius 1 is 1.19 bits per heavy atom. The predicted octanol–water partition coefficient (Wildman–Crippen LogP) is 0.495. The van der Waals surface area contributed by atoms with Crippen molar-refractivity contribution < 1.29 is 8.42 Å². The minimum atomic E-state index is -2.98. The zero-order valence-electron chi connectivity index (χ0n) is 10.6. The first-order valence-electron chi connectivity index (χ1n) is 5.96. The molecule has 5 heteroatoms. The number of hydrogen-bond donors (Lipinski definition) is 1. The Labute approximate surface area is 99.3 Å². The van der Waals surface area contributed by atoms with Gasteiger partial charge in [-0.3, -0.25) is 0 Å². The van der Waals surface area contributed by atoms with Gasteiger partial charge in [-0.2, -0.15) is 0 Å². The first-order chi connectivity index (χ1) is 7.33. The third-order valence-electron chi connectivity index (χ3n) is 3.26. The monoisotopic (exact) mass is 248 g/mol. The lowest BCUT2D eigenvalue weighted by molar-refractivity contribution is 0.233. The van der Waals surface area contributed by atoms with Crippen LogP contribution in [0.5, 0.6) is 0 Å². The van der Waals surface area contributed by atoms with Crippen molar-refractivity contribution in [1.29, 1.82) is 0 Å². The summed E-state index contributed by atoms with van der Waals surface area (Å²) in [7, 11) is -2.98. The highest BCUT2D eigenvalue weighted by Gasteiger charge is 2.32. The second-order valence-corrected chi connectivity index (χ2v) is 7.91. The molecular weight excluding hydrogens is 224 g/mol. The molecule has 1 saturated heterocycles. The van der Waals surface area contributed by atoms with E-state index < -0.39 is 14.6 Å². The summed E-state index contributed by atoms with van der Waals surface area (Å²) in [4.78, 5) is 2.28. The Balaban J connectivity index is 2.57. The fourth-order valence-electron chi connectivity index (χ4n) is 1.91. The molecule has 0 amide bonds. The van der Waals surface area contributed by atoms with Crippen LogP contribution in [0.25, 0.3) is 0 Å². The van der Waals surface area contributed by atoms with Crippen LogP contribution in [0.15, 0.2) is 0 Å². The molecule has 0 saturated carbocycles. The van der Waals surface area contributed by atoms with Gasteiger partial charge in [0.2, 0.25) is 0 Å². The van der Waals surface area contributed by atoms with Crippen molar-refractivity contribution in [2.75, 3.05) is 39.0 Å². The molecule has 1 fully saturated rings. The summed E-state index contributed by atoms with van der Waals surface area (Å²) in [6.45, 7) is 8.34. The van der Waals surface area contributed by atoms with Crippen LogP contribution >= 0.6 is 0 Å².